The number of nitrogens with zero attached hydrogens (tertiary/aromatic N) is 2. The van der Waals surface area contributed by atoms with Crippen LogP contribution in [-0.2, 0) is 9.53 Å². The zero-order valence-electron chi connectivity index (χ0n) is 17.0. The fourth-order valence-corrected chi connectivity index (χ4v) is 1.80. The third-order valence-corrected chi connectivity index (χ3v) is 3.02. The summed E-state index contributed by atoms with van der Waals surface area (Å²) in [6.45, 7) is 6.88. The van der Waals surface area contributed by atoms with Gasteiger partial charge in [0.25, 0.3) is 0 Å². The topological polar surface area (TPSA) is 142 Å². The van der Waals surface area contributed by atoms with E-state index in [0.717, 1.165) is 5.56 Å². The number of rotatable bonds is 4. The number of aryl methyl sites for hydroxylation is 1. The molecule has 0 aromatic carbocycles. The summed E-state index contributed by atoms with van der Waals surface area (Å²) in [7, 11) is 0. The molecule has 9 nitrogen and oxygen atoms in total. The molecule has 150 valence electrons. The molecule has 0 aliphatic carbocycles. The van der Waals surface area contributed by atoms with Crippen LogP contribution in [0.4, 0.5) is 4.79 Å². The Hall–Kier alpha value is -2.89. The number of aldehydes is 1. The largest absolute Gasteiger partial charge is 1.00 e. The predicted molar refractivity (Wildman–Crippen MR) is 97.4 cm³/mol. The molecule has 2 heterocycles. The number of carbonyl (C=O) groups is 3. The van der Waals surface area contributed by atoms with Gasteiger partial charge in [-0.2, -0.15) is 0 Å². The van der Waals surface area contributed by atoms with Crippen LogP contribution in [0.1, 0.15) is 48.6 Å². The molecule has 0 saturated carbocycles. The van der Waals surface area contributed by atoms with Crippen molar-refractivity contribution in [3.05, 3.63) is 53.6 Å². The number of alkyl carbamates (subject to hydrolysis) is 1. The maximum absolute atomic E-state index is 11.6. The van der Waals surface area contributed by atoms with Gasteiger partial charge in [0.05, 0.1) is 17.9 Å². The van der Waals surface area contributed by atoms with Crippen molar-refractivity contribution in [2.45, 2.75) is 39.3 Å². The summed E-state index contributed by atoms with van der Waals surface area (Å²) < 4.78 is 4.99. The number of hydrogen-bond acceptors (Lipinski definition) is 8. The Morgan fingerprint density at radius 2 is 1.83 bits per heavy atom. The second kappa shape index (κ2) is 11.8. The van der Waals surface area contributed by atoms with Gasteiger partial charge in [0, 0.05) is 6.20 Å². The molecule has 2 rings (SSSR count). The molecular formula is C19H22LiN3O6. The van der Waals surface area contributed by atoms with Gasteiger partial charge in [0.15, 0.2) is 6.29 Å². The Bertz CT molecular complexity index is 804. The van der Waals surface area contributed by atoms with Gasteiger partial charge in [0.1, 0.15) is 23.1 Å². The minimum absolute atomic E-state index is 0. The molecule has 1 amide bonds. The Morgan fingerprint density at radius 3 is 2.24 bits per heavy atom. The average molecular weight is 395 g/mol. The molecular weight excluding hydrogens is 373 g/mol. The van der Waals surface area contributed by atoms with Crippen molar-refractivity contribution in [3.63, 3.8) is 0 Å². The first-order valence-corrected chi connectivity index (χ1v) is 8.25. The number of carboxylic acid groups (broad SMARTS) is 1. The average Bonchev–Trinajstić information content (AvgIpc) is 2.60. The Balaban J connectivity index is 0.000000658. The fourth-order valence-electron chi connectivity index (χ4n) is 1.80. The van der Waals surface area contributed by atoms with E-state index in [2.05, 4.69) is 15.3 Å². The van der Waals surface area contributed by atoms with Crippen LogP contribution in [0.2, 0.25) is 0 Å². The number of aromatic nitrogens is 2. The van der Waals surface area contributed by atoms with Crippen molar-refractivity contribution in [2.24, 2.45) is 0 Å². The fraction of sp³-hybridized carbons (Fsp3) is 0.316. The van der Waals surface area contributed by atoms with Crippen LogP contribution in [-0.4, -0.2) is 39.0 Å². The van der Waals surface area contributed by atoms with E-state index in [4.69, 9.17) is 9.84 Å². The van der Waals surface area contributed by atoms with Crippen LogP contribution in [0.3, 0.4) is 0 Å². The van der Waals surface area contributed by atoms with E-state index in [1.165, 1.54) is 30.6 Å². The van der Waals surface area contributed by atoms with Crippen LogP contribution in [0.5, 0.6) is 5.75 Å². The molecule has 29 heavy (non-hydrogen) atoms. The first-order chi connectivity index (χ1) is 13.0. The normalized spacial score (nSPS) is 11.0. The van der Waals surface area contributed by atoms with E-state index in [9.17, 15) is 19.5 Å². The second-order valence-corrected chi connectivity index (χ2v) is 6.72. The molecule has 0 radical (unpaired) electrons. The van der Waals surface area contributed by atoms with Crippen molar-refractivity contribution in [1.82, 2.24) is 15.3 Å². The number of hydrogen-bond donors (Lipinski definition) is 2. The molecule has 10 heteroatoms. The summed E-state index contributed by atoms with van der Waals surface area (Å²) in [6, 6.07) is 4.75. The number of aromatic hydroxyl groups is 1. The van der Waals surface area contributed by atoms with Gasteiger partial charge in [-0.3, -0.25) is 9.78 Å². The first-order valence-electron chi connectivity index (χ1n) is 8.25. The number of carbonyl (C=O) groups excluding carboxylic acids is 3. The van der Waals surface area contributed by atoms with Crippen molar-refractivity contribution in [2.75, 3.05) is 0 Å². The summed E-state index contributed by atoms with van der Waals surface area (Å²) >= 11 is 0. The molecule has 0 saturated heterocycles. The third-order valence-electron chi connectivity index (χ3n) is 3.02. The summed E-state index contributed by atoms with van der Waals surface area (Å²) in [4.78, 5) is 40.1. The van der Waals surface area contributed by atoms with E-state index >= 15 is 0 Å². The molecule has 0 spiro atoms. The van der Waals surface area contributed by atoms with Gasteiger partial charge in [-0.15, -0.1) is 0 Å². The van der Waals surface area contributed by atoms with Crippen LogP contribution < -0.4 is 29.3 Å². The van der Waals surface area contributed by atoms with Gasteiger partial charge < -0.3 is 25.1 Å². The molecule has 2 aromatic heterocycles. The number of pyridine rings is 2. The van der Waals surface area contributed by atoms with Gasteiger partial charge in [-0.25, -0.2) is 9.78 Å². The van der Waals surface area contributed by atoms with Crippen molar-refractivity contribution in [3.8, 4) is 5.75 Å². The van der Waals surface area contributed by atoms with E-state index in [0.29, 0.717) is 12.0 Å². The van der Waals surface area contributed by atoms with Gasteiger partial charge in [-0.05, 0) is 51.5 Å². The number of carboxylic acids is 1. The van der Waals surface area contributed by atoms with Crippen LogP contribution in [0.15, 0.2) is 36.7 Å². The van der Waals surface area contributed by atoms with E-state index in [-0.39, 0.29) is 30.3 Å². The van der Waals surface area contributed by atoms with Crippen molar-refractivity contribution in [1.29, 1.82) is 0 Å². The summed E-state index contributed by atoms with van der Waals surface area (Å²) in [5.74, 6) is -1.37. The number of aliphatic carboxylic acids is 1. The maximum atomic E-state index is 11.6. The summed E-state index contributed by atoms with van der Waals surface area (Å²) in [6.07, 6.45) is 2.54. The van der Waals surface area contributed by atoms with E-state index in [1.54, 1.807) is 26.8 Å². The molecule has 2 N–H and O–H groups in total. The Labute approximate surface area is 180 Å². The summed E-state index contributed by atoms with van der Waals surface area (Å²) in [5.41, 5.74) is 0.698. The molecule has 0 fully saturated rings. The third kappa shape index (κ3) is 10.3. The minimum Gasteiger partial charge on any atom is -0.547 e. The van der Waals surface area contributed by atoms with E-state index in [1.807, 2.05) is 6.92 Å². The SMILES string of the molecule is Cc1ccc(C(NC(=O)OC(C)(C)C)C(=O)[O-])nc1.O=Cc1ccc(O)cn1.[Li+]. The molecule has 1 atom stereocenters. The molecule has 1 unspecified atom stereocenters. The van der Waals surface area contributed by atoms with E-state index < -0.39 is 23.7 Å². The van der Waals surface area contributed by atoms with Crippen LogP contribution in [0, 0.1) is 6.92 Å². The number of nitrogens with one attached hydrogen (secondary N) is 1. The molecule has 2 aromatic rings. The van der Waals surface area contributed by atoms with Crippen LogP contribution in [0.25, 0.3) is 0 Å². The Kier molecular flexibility index (Phi) is 10.7. The van der Waals surface area contributed by atoms with Gasteiger partial charge >= 0.3 is 25.0 Å². The maximum Gasteiger partial charge on any atom is 1.00 e. The smallest absolute Gasteiger partial charge is 0.547 e. The van der Waals surface area contributed by atoms with Gasteiger partial charge in [0.2, 0.25) is 0 Å². The second-order valence-electron chi connectivity index (χ2n) is 6.72. The number of ether oxygens (including phenoxy) is 1. The molecule has 0 aliphatic rings. The predicted octanol–water partition coefficient (Wildman–Crippen LogP) is -1.69. The minimum atomic E-state index is -1.44. The first kappa shape index (κ1) is 26.1. The van der Waals surface area contributed by atoms with Crippen molar-refractivity contribution < 1.29 is 48.2 Å². The van der Waals surface area contributed by atoms with Crippen LogP contribution >= 0.6 is 0 Å². The number of amides is 1. The zero-order valence-corrected chi connectivity index (χ0v) is 17.0. The summed E-state index contributed by atoms with van der Waals surface area (Å²) in [5, 5.41) is 22.0. The van der Waals surface area contributed by atoms with Gasteiger partial charge in [-0.1, -0.05) is 6.07 Å². The monoisotopic (exact) mass is 395 g/mol. The standard InChI is InChI=1S/C13H18N2O4.C6H5NO2.Li/c1-8-5-6-9(14-7-8)10(11(16)17)15-12(18)19-13(2,3)4;8-4-5-1-2-6(9)3-7-5;/h5-7,10H,1-4H3,(H,15,18)(H,16,17);1-4,9H;/q;;+1/p-1. The Morgan fingerprint density at radius 1 is 1.17 bits per heavy atom. The quantitative estimate of drug-likeness (QED) is 0.461. The zero-order chi connectivity index (χ0) is 21.3. The molecule has 0 aliphatic heterocycles. The molecule has 0 bridgehead atoms. The van der Waals surface area contributed by atoms with Crippen molar-refractivity contribution >= 4 is 18.3 Å².